The molecule has 1 aromatic rings. The summed E-state index contributed by atoms with van der Waals surface area (Å²) >= 11 is 6.79. The lowest BCUT2D eigenvalue weighted by Crippen LogP contribution is -2.53. The van der Waals surface area contributed by atoms with Crippen LogP contribution in [0.3, 0.4) is 0 Å². The normalized spacial score (nSPS) is 27.2. The molecule has 2 atom stereocenters. The van der Waals surface area contributed by atoms with Gasteiger partial charge in [-0.1, -0.05) is 11.6 Å². The van der Waals surface area contributed by atoms with Gasteiger partial charge in [-0.3, -0.25) is 0 Å². The molecule has 2 rings (SSSR count). The van der Waals surface area contributed by atoms with E-state index in [0.29, 0.717) is 10.9 Å². The highest BCUT2D eigenvalue weighted by Crippen LogP contribution is 2.30. The molecule has 2 heterocycles. The van der Waals surface area contributed by atoms with E-state index in [-0.39, 0.29) is 16.9 Å². The van der Waals surface area contributed by atoms with Gasteiger partial charge in [0.1, 0.15) is 4.21 Å². The van der Waals surface area contributed by atoms with E-state index in [1.807, 2.05) is 0 Å². The molecule has 1 aromatic heterocycles. The second-order valence-corrected chi connectivity index (χ2v) is 7.63. The Labute approximate surface area is 111 Å². The fourth-order valence-electron chi connectivity index (χ4n) is 1.79. The minimum absolute atomic E-state index is 0.211. The summed E-state index contributed by atoms with van der Waals surface area (Å²) < 4.78 is 31.9. The molecule has 0 N–H and O–H groups in total. The monoisotopic (exact) mass is 291 g/mol. The van der Waals surface area contributed by atoms with Crippen molar-refractivity contribution in [3.05, 3.63) is 16.5 Å². The van der Waals surface area contributed by atoms with Crippen molar-refractivity contribution >= 4 is 40.8 Å². The highest BCUT2D eigenvalue weighted by atomic mass is 35.5. The van der Waals surface area contributed by atoms with Gasteiger partial charge >= 0.3 is 0 Å². The number of nitrogens with zero attached hydrogens (tertiary/aromatic N) is 1. The zero-order chi connectivity index (χ0) is 12.6. The minimum Gasteiger partial charge on any atom is -0.379 e. The number of morpholine rings is 1. The zero-order valence-corrected chi connectivity index (χ0v) is 11.6. The molecular formula is C9H11BClNO3S2. The first-order chi connectivity index (χ1) is 7.93. The average Bonchev–Trinajstić information content (AvgIpc) is 2.64. The van der Waals surface area contributed by atoms with Crippen molar-refractivity contribution in [3.8, 4) is 0 Å². The lowest BCUT2D eigenvalue weighted by molar-refractivity contribution is 0.0256. The zero-order valence-electron chi connectivity index (χ0n) is 9.17. The van der Waals surface area contributed by atoms with E-state index in [2.05, 4.69) is 0 Å². The summed E-state index contributed by atoms with van der Waals surface area (Å²) in [6.45, 7) is 2.33. The van der Waals surface area contributed by atoms with Gasteiger partial charge in [0.15, 0.2) is 0 Å². The van der Waals surface area contributed by atoms with Crippen molar-refractivity contribution in [2.45, 2.75) is 23.1 Å². The Balaban J connectivity index is 2.37. The minimum atomic E-state index is -3.58. The Kier molecular flexibility index (Phi) is 3.85. The van der Waals surface area contributed by atoms with Crippen LogP contribution in [-0.4, -0.2) is 45.8 Å². The van der Waals surface area contributed by atoms with E-state index in [9.17, 15) is 8.42 Å². The molecule has 0 aromatic carbocycles. The Morgan fingerprint density at radius 1 is 1.53 bits per heavy atom. The first kappa shape index (κ1) is 13.4. The van der Waals surface area contributed by atoms with Gasteiger partial charge in [-0.05, 0) is 19.1 Å². The quantitative estimate of drug-likeness (QED) is 0.772. The Hall–Kier alpha value is -0.0751. The molecule has 1 fully saturated rings. The Morgan fingerprint density at radius 3 is 2.76 bits per heavy atom. The molecule has 4 nitrogen and oxygen atoms in total. The molecule has 2 radical (unpaired) electrons. The van der Waals surface area contributed by atoms with Gasteiger partial charge in [0.2, 0.25) is 0 Å². The number of hydrogen-bond donors (Lipinski definition) is 0. The first-order valence-corrected chi connectivity index (χ1v) is 7.68. The van der Waals surface area contributed by atoms with Crippen LogP contribution in [0.1, 0.15) is 6.92 Å². The predicted molar refractivity (Wildman–Crippen MR) is 68.2 cm³/mol. The third-order valence-corrected chi connectivity index (χ3v) is 6.23. The number of hydrogen-bond acceptors (Lipinski definition) is 4. The van der Waals surface area contributed by atoms with Crippen LogP contribution in [-0.2, 0) is 14.8 Å². The van der Waals surface area contributed by atoms with Gasteiger partial charge in [0.05, 0.1) is 25.4 Å². The van der Waals surface area contributed by atoms with E-state index in [1.54, 1.807) is 13.0 Å². The van der Waals surface area contributed by atoms with Crippen LogP contribution in [0.2, 0.25) is 4.34 Å². The van der Waals surface area contributed by atoms with Crippen molar-refractivity contribution in [1.82, 2.24) is 4.31 Å². The van der Waals surface area contributed by atoms with Gasteiger partial charge in [-0.2, -0.15) is 4.31 Å². The van der Waals surface area contributed by atoms with Crippen LogP contribution in [0.25, 0.3) is 0 Å². The summed E-state index contributed by atoms with van der Waals surface area (Å²) in [6, 6.07) is 2.79. The number of sulfonamides is 1. The van der Waals surface area contributed by atoms with Crippen molar-refractivity contribution in [2.24, 2.45) is 0 Å². The van der Waals surface area contributed by atoms with Crippen LogP contribution in [0, 0.1) is 0 Å². The number of thiophene rings is 1. The van der Waals surface area contributed by atoms with E-state index in [1.165, 1.54) is 10.4 Å². The molecule has 17 heavy (non-hydrogen) atoms. The fraction of sp³-hybridized carbons (Fsp3) is 0.556. The van der Waals surface area contributed by atoms with Crippen molar-refractivity contribution < 1.29 is 13.2 Å². The summed E-state index contributed by atoms with van der Waals surface area (Å²) in [6.07, 6.45) is 0. The largest absolute Gasteiger partial charge is 0.379 e. The maximum absolute atomic E-state index is 12.4. The standard InChI is InChI=1S/C9H11BClNO3S2/c1-6-4-15-5-7(10)12(6)17(13,14)9-3-2-8(11)16-9/h2-3,6-7H,4-5H2,1H3/t6-,7-/m1/s1. The summed E-state index contributed by atoms with van der Waals surface area (Å²) in [7, 11) is 2.22. The Morgan fingerprint density at radius 2 is 2.24 bits per heavy atom. The van der Waals surface area contributed by atoms with Gasteiger partial charge < -0.3 is 4.74 Å². The number of halogens is 1. The van der Waals surface area contributed by atoms with E-state index in [0.717, 1.165) is 11.3 Å². The van der Waals surface area contributed by atoms with Gasteiger partial charge in [-0.15, -0.1) is 11.3 Å². The average molecular weight is 292 g/mol. The maximum atomic E-state index is 12.4. The highest BCUT2D eigenvalue weighted by Gasteiger charge is 2.36. The topological polar surface area (TPSA) is 46.6 Å². The molecule has 0 spiro atoms. The molecule has 0 bridgehead atoms. The molecule has 0 aliphatic carbocycles. The molecule has 0 saturated carbocycles. The van der Waals surface area contributed by atoms with Gasteiger partial charge in [-0.25, -0.2) is 8.42 Å². The SMILES string of the molecule is [B][C@H]1COC[C@@H](C)N1S(=O)(=O)c1ccc(Cl)s1. The van der Waals surface area contributed by atoms with Crippen molar-refractivity contribution in [1.29, 1.82) is 0 Å². The predicted octanol–water partition coefficient (Wildman–Crippen LogP) is 1.31. The number of ether oxygens (including phenoxy) is 1. The third kappa shape index (κ3) is 2.53. The summed E-state index contributed by atoms with van der Waals surface area (Å²) in [5.74, 6) is -0.648. The molecule has 1 aliphatic rings. The lowest BCUT2D eigenvalue weighted by Gasteiger charge is -2.37. The van der Waals surface area contributed by atoms with Crippen LogP contribution in [0.5, 0.6) is 0 Å². The molecule has 92 valence electrons. The first-order valence-electron chi connectivity index (χ1n) is 5.05. The van der Waals surface area contributed by atoms with Gasteiger partial charge in [0.25, 0.3) is 10.0 Å². The van der Waals surface area contributed by atoms with Crippen LogP contribution >= 0.6 is 22.9 Å². The molecule has 0 amide bonds. The van der Waals surface area contributed by atoms with Crippen LogP contribution in [0.15, 0.2) is 16.3 Å². The molecular weight excluding hydrogens is 281 g/mol. The molecule has 1 saturated heterocycles. The molecule has 8 heteroatoms. The van der Waals surface area contributed by atoms with Gasteiger partial charge in [0, 0.05) is 12.0 Å². The second kappa shape index (κ2) is 4.89. The van der Waals surface area contributed by atoms with Crippen LogP contribution in [0.4, 0.5) is 0 Å². The van der Waals surface area contributed by atoms with E-state index < -0.39 is 16.0 Å². The van der Waals surface area contributed by atoms with Crippen LogP contribution < -0.4 is 0 Å². The molecule has 0 unspecified atom stereocenters. The lowest BCUT2D eigenvalue weighted by atomic mass is 9.95. The molecule has 1 aliphatic heterocycles. The van der Waals surface area contributed by atoms with E-state index in [4.69, 9.17) is 24.2 Å². The smallest absolute Gasteiger partial charge is 0.252 e. The Bertz CT molecular complexity index is 494. The summed E-state index contributed by atoms with van der Waals surface area (Å²) in [4.78, 5) is 0. The second-order valence-electron chi connectivity index (χ2n) is 3.85. The fourth-order valence-corrected chi connectivity index (χ4v) is 5.05. The highest BCUT2D eigenvalue weighted by molar-refractivity contribution is 7.91. The third-order valence-electron chi connectivity index (χ3n) is 2.49. The number of rotatable bonds is 2. The maximum Gasteiger partial charge on any atom is 0.252 e. The van der Waals surface area contributed by atoms with Crippen molar-refractivity contribution in [2.75, 3.05) is 13.2 Å². The van der Waals surface area contributed by atoms with E-state index >= 15 is 0 Å². The summed E-state index contributed by atoms with van der Waals surface area (Å²) in [5.41, 5.74) is 0. The summed E-state index contributed by atoms with van der Waals surface area (Å²) in [5, 5.41) is 0. The van der Waals surface area contributed by atoms with Crippen molar-refractivity contribution in [3.63, 3.8) is 0 Å².